The number of aliphatic hydroxyl groups is 1. The fraction of sp³-hybridized carbons (Fsp3) is 0.455. The molecule has 16 heavy (non-hydrogen) atoms. The van der Waals surface area contributed by atoms with E-state index in [0.717, 1.165) is 31.5 Å². The van der Waals surface area contributed by atoms with E-state index in [1.807, 2.05) is 0 Å². The number of unbranched alkanes of at least 4 members (excludes halogenated alkanes) is 2. The number of hydrogen-bond donors (Lipinski definition) is 3. The Balaban J connectivity index is 2.47. The van der Waals surface area contributed by atoms with Crippen molar-refractivity contribution in [2.75, 3.05) is 24.2 Å². The molecular weight excluding hydrogens is 247 g/mol. The summed E-state index contributed by atoms with van der Waals surface area (Å²) in [5.74, 6) is 0. The van der Waals surface area contributed by atoms with Crippen molar-refractivity contribution >= 4 is 34.6 Å². The zero-order chi connectivity index (χ0) is 12.0. The summed E-state index contributed by atoms with van der Waals surface area (Å²) in [6, 6.07) is 3.34. The largest absolute Gasteiger partial charge is 0.399 e. The Kier molecular flexibility index (Phi) is 5.74. The van der Waals surface area contributed by atoms with Crippen LogP contribution >= 0.6 is 23.2 Å². The van der Waals surface area contributed by atoms with Crippen LogP contribution < -0.4 is 11.1 Å². The first-order chi connectivity index (χ1) is 7.65. The molecule has 5 heteroatoms. The predicted octanol–water partition coefficient (Wildman–Crippen LogP) is 3.15. The number of benzene rings is 1. The third kappa shape index (κ3) is 4.08. The van der Waals surface area contributed by atoms with Crippen molar-refractivity contribution < 1.29 is 5.11 Å². The Morgan fingerprint density at radius 2 is 1.75 bits per heavy atom. The first-order valence-electron chi connectivity index (χ1n) is 5.24. The van der Waals surface area contributed by atoms with E-state index < -0.39 is 0 Å². The van der Waals surface area contributed by atoms with E-state index in [1.54, 1.807) is 12.1 Å². The van der Waals surface area contributed by atoms with Crippen LogP contribution in [0.25, 0.3) is 0 Å². The molecule has 1 aromatic rings. The van der Waals surface area contributed by atoms with Crippen molar-refractivity contribution in [1.82, 2.24) is 0 Å². The van der Waals surface area contributed by atoms with Gasteiger partial charge in [-0.3, -0.25) is 0 Å². The number of nitrogens with two attached hydrogens (primary N) is 1. The Morgan fingerprint density at radius 3 is 2.31 bits per heavy atom. The van der Waals surface area contributed by atoms with Crippen molar-refractivity contribution in [3.05, 3.63) is 22.2 Å². The zero-order valence-electron chi connectivity index (χ0n) is 8.97. The number of hydrogen-bond acceptors (Lipinski definition) is 3. The normalized spacial score (nSPS) is 10.4. The molecule has 3 nitrogen and oxygen atoms in total. The molecule has 0 aromatic heterocycles. The lowest BCUT2D eigenvalue weighted by Crippen LogP contribution is -2.03. The summed E-state index contributed by atoms with van der Waals surface area (Å²) in [7, 11) is 0. The van der Waals surface area contributed by atoms with Gasteiger partial charge < -0.3 is 16.2 Å². The summed E-state index contributed by atoms with van der Waals surface area (Å²) < 4.78 is 0. The number of nitrogen functional groups attached to an aromatic ring is 1. The second-order valence-corrected chi connectivity index (χ2v) is 4.38. The number of nitrogens with one attached hydrogen (secondary N) is 1. The van der Waals surface area contributed by atoms with Crippen LogP contribution in [-0.2, 0) is 0 Å². The average molecular weight is 263 g/mol. The molecule has 1 rings (SSSR count). The molecule has 0 aliphatic carbocycles. The van der Waals surface area contributed by atoms with Crippen molar-refractivity contribution in [1.29, 1.82) is 0 Å². The van der Waals surface area contributed by atoms with Gasteiger partial charge in [0.15, 0.2) is 0 Å². The van der Waals surface area contributed by atoms with Gasteiger partial charge in [0.25, 0.3) is 0 Å². The molecule has 0 saturated heterocycles. The minimum Gasteiger partial charge on any atom is -0.399 e. The minimum absolute atomic E-state index is 0.239. The Hall–Kier alpha value is -0.640. The lowest BCUT2D eigenvalue weighted by molar-refractivity contribution is 0.283. The summed E-state index contributed by atoms with van der Waals surface area (Å²) in [6.45, 7) is 1.02. The maximum Gasteiger partial charge on any atom is 0.0720 e. The summed E-state index contributed by atoms with van der Waals surface area (Å²) in [6.07, 6.45) is 2.77. The molecule has 0 saturated carbocycles. The second kappa shape index (κ2) is 6.84. The molecule has 0 atom stereocenters. The van der Waals surface area contributed by atoms with Gasteiger partial charge in [-0.25, -0.2) is 0 Å². The van der Waals surface area contributed by atoms with Crippen molar-refractivity contribution in [3.8, 4) is 0 Å². The quantitative estimate of drug-likeness (QED) is 0.545. The van der Waals surface area contributed by atoms with Crippen molar-refractivity contribution in [2.24, 2.45) is 0 Å². The van der Waals surface area contributed by atoms with Crippen molar-refractivity contribution in [3.63, 3.8) is 0 Å². The molecule has 0 unspecified atom stereocenters. The van der Waals surface area contributed by atoms with Gasteiger partial charge >= 0.3 is 0 Å². The molecule has 0 spiro atoms. The Bertz CT molecular complexity index is 322. The van der Waals surface area contributed by atoms with Crippen LogP contribution in [0.2, 0.25) is 10.0 Å². The molecule has 0 heterocycles. The monoisotopic (exact) mass is 262 g/mol. The highest BCUT2D eigenvalue weighted by Crippen LogP contribution is 2.32. The number of rotatable bonds is 6. The first kappa shape index (κ1) is 13.4. The highest BCUT2D eigenvalue weighted by Gasteiger charge is 2.06. The average Bonchev–Trinajstić information content (AvgIpc) is 2.20. The molecule has 90 valence electrons. The van der Waals surface area contributed by atoms with Gasteiger partial charge in [-0.15, -0.1) is 0 Å². The predicted molar refractivity (Wildman–Crippen MR) is 70.3 cm³/mol. The van der Waals surface area contributed by atoms with Gasteiger partial charge in [0.2, 0.25) is 0 Å². The molecule has 0 aliphatic heterocycles. The fourth-order valence-corrected chi connectivity index (χ4v) is 2.03. The molecular formula is C11H16Cl2N2O. The minimum atomic E-state index is 0.239. The summed E-state index contributed by atoms with van der Waals surface area (Å²) in [5, 5.41) is 12.9. The van der Waals surface area contributed by atoms with E-state index in [2.05, 4.69) is 5.32 Å². The van der Waals surface area contributed by atoms with Crippen LogP contribution in [0.3, 0.4) is 0 Å². The van der Waals surface area contributed by atoms with Gasteiger partial charge in [0.1, 0.15) is 0 Å². The highest BCUT2D eigenvalue weighted by molar-refractivity contribution is 6.39. The van der Waals surface area contributed by atoms with Gasteiger partial charge in [-0.1, -0.05) is 23.2 Å². The van der Waals surface area contributed by atoms with Crippen LogP contribution in [0.5, 0.6) is 0 Å². The SMILES string of the molecule is Nc1cc(Cl)c(NCCCCCO)c(Cl)c1. The second-order valence-electron chi connectivity index (χ2n) is 3.57. The zero-order valence-corrected chi connectivity index (χ0v) is 10.5. The summed E-state index contributed by atoms with van der Waals surface area (Å²) in [4.78, 5) is 0. The molecule has 1 aromatic carbocycles. The number of halogens is 2. The molecule has 4 N–H and O–H groups in total. The lowest BCUT2D eigenvalue weighted by atomic mass is 10.2. The van der Waals surface area contributed by atoms with E-state index in [1.165, 1.54) is 0 Å². The van der Waals surface area contributed by atoms with Gasteiger partial charge in [0.05, 0.1) is 15.7 Å². The first-order valence-corrected chi connectivity index (χ1v) is 6.00. The molecule has 0 bridgehead atoms. The number of aliphatic hydroxyl groups excluding tert-OH is 1. The van der Waals surface area contributed by atoms with Crippen LogP contribution in [0.4, 0.5) is 11.4 Å². The van der Waals surface area contributed by atoms with E-state index >= 15 is 0 Å². The van der Waals surface area contributed by atoms with Crippen molar-refractivity contribution in [2.45, 2.75) is 19.3 Å². The van der Waals surface area contributed by atoms with Crippen LogP contribution in [0.1, 0.15) is 19.3 Å². The van der Waals surface area contributed by atoms with E-state index in [9.17, 15) is 0 Å². The smallest absolute Gasteiger partial charge is 0.0720 e. The van der Waals surface area contributed by atoms with Gasteiger partial charge in [-0.2, -0.15) is 0 Å². The van der Waals surface area contributed by atoms with E-state index in [-0.39, 0.29) is 6.61 Å². The molecule has 0 fully saturated rings. The van der Waals surface area contributed by atoms with Crippen LogP contribution in [-0.4, -0.2) is 18.3 Å². The van der Waals surface area contributed by atoms with E-state index in [4.69, 9.17) is 34.0 Å². The summed E-state index contributed by atoms with van der Waals surface area (Å²) >= 11 is 12.0. The third-order valence-corrected chi connectivity index (χ3v) is 2.80. The fourth-order valence-electron chi connectivity index (χ4n) is 1.39. The molecule has 0 amide bonds. The topological polar surface area (TPSA) is 58.3 Å². The maximum atomic E-state index is 8.62. The lowest BCUT2D eigenvalue weighted by Gasteiger charge is -2.10. The Labute approximate surface area is 106 Å². The van der Waals surface area contributed by atoms with Crippen LogP contribution in [0, 0.1) is 0 Å². The molecule has 0 radical (unpaired) electrons. The maximum absolute atomic E-state index is 8.62. The third-order valence-electron chi connectivity index (χ3n) is 2.20. The molecule has 0 aliphatic rings. The standard InChI is InChI=1S/C11H16Cl2N2O/c12-9-6-8(14)7-10(13)11(9)15-4-2-1-3-5-16/h6-7,15-16H,1-5,14H2. The van der Waals surface area contributed by atoms with E-state index in [0.29, 0.717) is 15.7 Å². The summed E-state index contributed by atoms with van der Waals surface area (Å²) in [5.41, 5.74) is 6.88. The highest BCUT2D eigenvalue weighted by atomic mass is 35.5. The number of anilines is 2. The van der Waals surface area contributed by atoms with Gasteiger partial charge in [0, 0.05) is 18.8 Å². The van der Waals surface area contributed by atoms with Gasteiger partial charge in [-0.05, 0) is 31.4 Å². The Morgan fingerprint density at radius 1 is 1.12 bits per heavy atom. The van der Waals surface area contributed by atoms with Crippen LogP contribution in [0.15, 0.2) is 12.1 Å².